The Bertz CT molecular complexity index is 1150. The predicted molar refractivity (Wildman–Crippen MR) is 112 cm³/mol. The molecular formula is C22H21Cl2N3O3. The zero-order valence-corrected chi connectivity index (χ0v) is 18.1. The molecule has 1 aromatic carbocycles. The number of aromatic nitrogens is 3. The zero-order chi connectivity index (χ0) is 20.6. The maximum atomic E-state index is 6.40. The fourth-order valence-corrected chi connectivity index (χ4v) is 5.75. The van der Waals surface area contributed by atoms with E-state index in [1.165, 1.54) is 11.9 Å². The Morgan fingerprint density at radius 2 is 1.93 bits per heavy atom. The van der Waals surface area contributed by atoms with Crippen LogP contribution in [-0.4, -0.2) is 32.5 Å². The zero-order valence-electron chi connectivity index (χ0n) is 16.6. The van der Waals surface area contributed by atoms with Crippen LogP contribution in [0.4, 0.5) is 0 Å². The third-order valence-electron chi connectivity index (χ3n) is 6.52. The van der Waals surface area contributed by atoms with Gasteiger partial charge in [-0.15, -0.1) is 0 Å². The molecule has 2 aliphatic heterocycles. The molecular weight excluding hydrogens is 425 g/mol. The largest absolute Gasteiger partial charge is 0.368 e. The first-order chi connectivity index (χ1) is 14.4. The minimum absolute atomic E-state index is 0.0488. The van der Waals surface area contributed by atoms with Crippen molar-refractivity contribution >= 4 is 34.2 Å². The van der Waals surface area contributed by atoms with Crippen LogP contribution in [0.1, 0.15) is 43.5 Å². The average molecular weight is 446 g/mol. The van der Waals surface area contributed by atoms with Crippen molar-refractivity contribution in [3.05, 3.63) is 58.1 Å². The van der Waals surface area contributed by atoms with E-state index in [1.807, 2.05) is 38.2 Å². The van der Waals surface area contributed by atoms with Crippen molar-refractivity contribution in [1.29, 1.82) is 0 Å². The summed E-state index contributed by atoms with van der Waals surface area (Å²) in [5.41, 5.74) is 3.16. The van der Waals surface area contributed by atoms with Crippen LogP contribution in [0.25, 0.3) is 11.0 Å². The van der Waals surface area contributed by atoms with Gasteiger partial charge in [-0.1, -0.05) is 29.3 Å². The van der Waals surface area contributed by atoms with E-state index in [0.29, 0.717) is 11.8 Å². The SMILES string of the molecule is CC1(C)O[C@@H]2[C@@H]([C@@H]3OCc4cc(Cl)ccc43)C[C@@H](n3ccc4c(Cl)ncnc43)[C@@H]2O1. The van der Waals surface area contributed by atoms with Crippen molar-refractivity contribution in [2.45, 2.75) is 57.0 Å². The summed E-state index contributed by atoms with van der Waals surface area (Å²) in [6.07, 6.45) is 4.14. The molecule has 4 heterocycles. The summed E-state index contributed by atoms with van der Waals surface area (Å²) in [4.78, 5) is 8.59. The lowest BCUT2D eigenvalue weighted by atomic mass is 9.91. The minimum Gasteiger partial charge on any atom is -0.368 e. The summed E-state index contributed by atoms with van der Waals surface area (Å²) in [5.74, 6) is -0.498. The van der Waals surface area contributed by atoms with E-state index in [9.17, 15) is 0 Å². The standard InChI is InChI=1S/C22H21Cl2N3O3/c1-22(2)29-18-15(17-13-4-3-12(23)7-11(13)9-28-17)8-16(19(18)30-22)27-6-5-14-20(24)25-10-26-21(14)27/h3-7,10,15-19H,8-9H2,1-2H3/t15-,16-,17-,18-,19+/m1/s1. The molecule has 3 aliphatic rings. The highest BCUT2D eigenvalue weighted by atomic mass is 35.5. The molecule has 0 radical (unpaired) electrons. The van der Waals surface area contributed by atoms with Crippen LogP contribution in [0, 0.1) is 5.92 Å². The lowest BCUT2D eigenvalue weighted by molar-refractivity contribution is -0.166. The van der Waals surface area contributed by atoms with Gasteiger partial charge in [-0.25, -0.2) is 9.97 Å². The molecule has 0 unspecified atom stereocenters. The second-order valence-electron chi connectivity index (χ2n) is 8.73. The summed E-state index contributed by atoms with van der Waals surface area (Å²) < 4.78 is 21.2. The second kappa shape index (κ2) is 6.65. The highest BCUT2D eigenvalue weighted by Crippen LogP contribution is 2.54. The minimum atomic E-state index is -0.650. The van der Waals surface area contributed by atoms with E-state index >= 15 is 0 Å². The monoisotopic (exact) mass is 445 g/mol. The normalized spacial score (nSPS) is 31.9. The van der Waals surface area contributed by atoms with Gasteiger partial charge >= 0.3 is 0 Å². The van der Waals surface area contributed by atoms with Gasteiger partial charge in [0.2, 0.25) is 0 Å². The van der Waals surface area contributed by atoms with Crippen LogP contribution in [0.3, 0.4) is 0 Å². The molecule has 0 spiro atoms. The maximum absolute atomic E-state index is 6.40. The quantitative estimate of drug-likeness (QED) is 0.514. The summed E-state index contributed by atoms with van der Waals surface area (Å²) in [6.45, 7) is 4.50. The average Bonchev–Trinajstić information content (AvgIpc) is 3.43. The molecule has 2 fully saturated rings. The van der Waals surface area contributed by atoms with Crippen LogP contribution < -0.4 is 0 Å². The van der Waals surface area contributed by atoms with Gasteiger partial charge in [-0.05, 0) is 49.6 Å². The molecule has 1 saturated carbocycles. The molecule has 8 heteroatoms. The van der Waals surface area contributed by atoms with Gasteiger partial charge in [0, 0.05) is 17.1 Å². The molecule has 6 rings (SSSR count). The topological polar surface area (TPSA) is 58.4 Å². The molecule has 30 heavy (non-hydrogen) atoms. The van der Waals surface area contributed by atoms with Crippen molar-refractivity contribution in [1.82, 2.24) is 14.5 Å². The molecule has 0 N–H and O–H groups in total. The van der Waals surface area contributed by atoms with Crippen molar-refractivity contribution < 1.29 is 14.2 Å². The Morgan fingerprint density at radius 3 is 2.80 bits per heavy atom. The molecule has 0 amide bonds. The highest BCUT2D eigenvalue weighted by Gasteiger charge is 2.57. The van der Waals surface area contributed by atoms with Crippen LogP contribution in [0.15, 0.2) is 36.8 Å². The Morgan fingerprint density at radius 1 is 1.10 bits per heavy atom. The first-order valence-corrected chi connectivity index (χ1v) is 10.9. The van der Waals surface area contributed by atoms with E-state index in [1.54, 1.807) is 0 Å². The number of halogens is 2. The predicted octanol–water partition coefficient (Wildman–Crippen LogP) is 5.09. The van der Waals surface area contributed by atoms with Gasteiger partial charge in [0.15, 0.2) is 5.79 Å². The van der Waals surface area contributed by atoms with Crippen LogP contribution in [-0.2, 0) is 20.8 Å². The lowest BCUT2D eigenvalue weighted by Crippen LogP contribution is -2.29. The highest BCUT2D eigenvalue weighted by molar-refractivity contribution is 6.33. The Labute approximate surface area is 184 Å². The molecule has 5 atom stereocenters. The van der Waals surface area contributed by atoms with Gasteiger partial charge < -0.3 is 18.8 Å². The number of ether oxygens (including phenoxy) is 3. The molecule has 1 aliphatic carbocycles. The lowest BCUT2D eigenvalue weighted by Gasteiger charge is -2.27. The molecule has 1 saturated heterocycles. The third kappa shape index (κ3) is 2.82. The van der Waals surface area contributed by atoms with Gasteiger partial charge in [0.25, 0.3) is 0 Å². The van der Waals surface area contributed by atoms with Gasteiger partial charge in [0.05, 0.1) is 30.2 Å². The maximum Gasteiger partial charge on any atom is 0.163 e. The number of hydrogen-bond donors (Lipinski definition) is 0. The van der Waals surface area contributed by atoms with E-state index < -0.39 is 5.79 Å². The van der Waals surface area contributed by atoms with Crippen molar-refractivity contribution in [3.8, 4) is 0 Å². The van der Waals surface area contributed by atoms with Crippen LogP contribution in [0.2, 0.25) is 10.2 Å². The fraction of sp³-hybridized carbons (Fsp3) is 0.455. The fourth-order valence-electron chi connectivity index (χ4n) is 5.37. The number of hydrogen-bond acceptors (Lipinski definition) is 5. The van der Waals surface area contributed by atoms with Gasteiger partial charge in [-0.3, -0.25) is 0 Å². The number of benzene rings is 1. The molecule has 0 bridgehead atoms. The van der Waals surface area contributed by atoms with E-state index in [-0.39, 0.29) is 30.3 Å². The van der Waals surface area contributed by atoms with Gasteiger partial charge in [0.1, 0.15) is 23.2 Å². The molecule has 156 valence electrons. The number of fused-ring (bicyclic) bond motifs is 3. The first-order valence-electron chi connectivity index (χ1n) is 10.1. The molecule has 6 nitrogen and oxygen atoms in total. The second-order valence-corrected chi connectivity index (χ2v) is 9.53. The van der Waals surface area contributed by atoms with E-state index in [2.05, 4.69) is 20.6 Å². The Kier molecular flexibility index (Phi) is 4.21. The Hall–Kier alpha value is -1.70. The van der Waals surface area contributed by atoms with Crippen LogP contribution >= 0.6 is 23.2 Å². The van der Waals surface area contributed by atoms with E-state index in [4.69, 9.17) is 37.4 Å². The van der Waals surface area contributed by atoms with Crippen molar-refractivity contribution in [3.63, 3.8) is 0 Å². The van der Waals surface area contributed by atoms with Crippen molar-refractivity contribution in [2.24, 2.45) is 5.92 Å². The Balaban J connectivity index is 1.41. The molecule has 2 aromatic heterocycles. The summed E-state index contributed by atoms with van der Waals surface area (Å²) in [5, 5.41) is 2.03. The van der Waals surface area contributed by atoms with Crippen molar-refractivity contribution in [2.75, 3.05) is 0 Å². The number of rotatable bonds is 2. The third-order valence-corrected chi connectivity index (χ3v) is 7.05. The molecule has 3 aromatic rings. The summed E-state index contributed by atoms with van der Waals surface area (Å²) >= 11 is 12.5. The first kappa shape index (κ1) is 19.0. The van der Waals surface area contributed by atoms with Gasteiger partial charge in [-0.2, -0.15) is 0 Å². The smallest absolute Gasteiger partial charge is 0.163 e. The summed E-state index contributed by atoms with van der Waals surface area (Å²) in [6, 6.07) is 8.03. The van der Waals surface area contributed by atoms with Crippen LogP contribution in [0.5, 0.6) is 0 Å². The van der Waals surface area contributed by atoms with E-state index in [0.717, 1.165) is 28.0 Å². The number of nitrogens with zero attached hydrogens (tertiary/aromatic N) is 3. The summed E-state index contributed by atoms with van der Waals surface area (Å²) in [7, 11) is 0.